The van der Waals surface area contributed by atoms with Gasteiger partial charge in [0, 0.05) is 24.8 Å². The first-order valence-electron chi connectivity index (χ1n) is 6.75. The molecule has 100 valence electrons. The molecular weight excluding hydrogens is 224 g/mol. The minimum atomic E-state index is -0.581. The standard InChI is InChI=1S/C15H24N2O/c1-15(2,18)8-9-17(14-6-7-14)11-12-4-3-5-13(16)10-12/h3-5,10,14,18H,6-9,11,16H2,1-2H3. The molecule has 1 aromatic rings. The molecule has 1 aliphatic carbocycles. The minimum absolute atomic E-state index is 0.581. The van der Waals surface area contributed by atoms with E-state index in [0.29, 0.717) is 6.04 Å². The number of benzene rings is 1. The number of hydrogen-bond donors (Lipinski definition) is 2. The number of nitrogens with zero attached hydrogens (tertiary/aromatic N) is 1. The van der Waals surface area contributed by atoms with Crippen molar-refractivity contribution in [3.05, 3.63) is 29.8 Å². The summed E-state index contributed by atoms with van der Waals surface area (Å²) in [7, 11) is 0. The first-order chi connectivity index (χ1) is 8.44. The van der Waals surface area contributed by atoms with E-state index >= 15 is 0 Å². The predicted octanol–water partition coefficient (Wildman–Crippen LogP) is 2.39. The summed E-state index contributed by atoms with van der Waals surface area (Å²) in [5.41, 5.74) is 7.32. The summed E-state index contributed by atoms with van der Waals surface area (Å²) in [6.45, 7) is 5.63. The van der Waals surface area contributed by atoms with Crippen LogP contribution in [0, 0.1) is 0 Å². The molecule has 1 aromatic carbocycles. The second kappa shape index (κ2) is 5.29. The van der Waals surface area contributed by atoms with E-state index in [9.17, 15) is 5.11 Å². The molecule has 0 atom stereocenters. The Bertz CT molecular complexity index is 394. The van der Waals surface area contributed by atoms with E-state index in [1.807, 2.05) is 32.0 Å². The molecule has 0 amide bonds. The highest BCUT2D eigenvalue weighted by Crippen LogP contribution is 2.29. The monoisotopic (exact) mass is 248 g/mol. The second-order valence-electron chi connectivity index (χ2n) is 6.01. The van der Waals surface area contributed by atoms with E-state index in [0.717, 1.165) is 25.2 Å². The zero-order valence-corrected chi connectivity index (χ0v) is 11.4. The van der Waals surface area contributed by atoms with E-state index in [1.165, 1.54) is 18.4 Å². The van der Waals surface area contributed by atoms with Gasteiger partial charge in [0.05, 0.1) is 5.60 Å². The number of rotatable bonds is 6. The molecule has 3 nitrogen and oxygen atoms in total. The number of nitrogen functional groups attached to an aromatic ring is 1. The van der Waals surface area contributed by atoms with Gasteiger partial charge in [0.25, 0.3) is 0 Å². The average molecular weight is 248 g/mol. The molecule has 2 rings (SSSR count). The van der Waals surface area contributed by atoms with Crippen molar-refractivity contribution in [3.8, 4) is 0 Å². The lowest BCUT2D eigenvalue weighted by molar-refractivity contribution is 0.0553. The summed E-state index contributed by atoms with van der Waals surface area (Å²) in [6.07, 6.45) is 3.38. The highest BCUT2D eigenvalue weighted by atomic mass is 16.3. The Labute approximate surface area is 110 Å². The van der Waals surface area contributed by atoms with Crippen molar-refractivity contribution in [1.82, 2.24) is 4.90 Å². The van der Waals surface area contributed by atoms with Gasteiger partial charge < -0.3 is 10.8 Å². The van der Waals surface area contributed by atoms with Gasteiger partial charge in [0.1, 0.15) is 0 Å². The average Bonchev–Trinajstić information content (AvgIpc) is 3.06. The fourth-order valence-electron chi connectivity index (χ4n) is 2.17. The van der Waals surface area contributed by atoms with Gasteiger partial charge >= 0.3 is 0 Å². The molecule has 0 aromatic heterocycles. The lowest BCUT2D eigenvalue weighted by Crippen LogP contribution is -2.32. The fraction of sp³-hybridized carbons (Fsp3) is 0.600. The summed E-state index contributed by atoms with van der Waals surface area (Å²) < 4.78 is 0. The maximum absolute atomic E-state index is 9.83. The Morgan fingerprint density at radius 3 is 2.67 bits per heavy atom. The van der Waals surface area contributed by atoms with Crippen LogP contribution in [0.15, 0.2) is 24.3 Å². The van der Waals surface area contributed by atoms with Crippen LogP contribution < -0.4 is 5.73 Å². The largest absolute Gasteiger partial charge is 0.399 e. The van der Waals surface area contributed by atoms with Crippen molar-refractivity contribution < 1.29 is 5.11 Å². The minimum Gasteiger partial charge on any atom is -0.399 e. The molecule has 0 bridgehead atoms. The maximum Gasteiger partial charge on any atom is 0.0603 e. The van der Waals surface area contributed by atoms with Gasteiger partial charge in [0.15, 0.2) is 0 Å². The van der Waals surface area contributed by atoms with Crippen molar-refractivity contribution in [2.45, 2.75) is 51.3 Å². The normalized spacial score (nSPS) is 16.2. The van der Waals surface area contributed by atoms with Crippen LogP contribution in [0.2, 0.25) is 0 Å². The molecule has 0 aliphatic heterocycles. The Morgan fingerprint density at radius 2 is 2.11 bits per heavy atom. The second-order valence-corrected chi connectivity index (χ2v) is 6.01. The molecule has 3 N–H and O–H groups in total. The molecule has 18 heavy (non-hydrogen) atoms. The van der Waals surface area contributed by atoms with Crippen LogP contribution in [-0.2, 0) is 6.54 Å². The van der Waals surface area contributed by atoms with Crippen molar-refractivity contribution in [2.75, 3.05) is 12.3 Å². The smallest absolute Gasteiger partial charge is 0.0603 e. The van der Waals surface area contributed by atoms with Gasteiger partial charge in [-0.2, -0.15) is 0 Å². The van der Waals surface area contributed by atoms with E-state index in [1.54, 1.807) is 0 Å². The van der Waals surface area contributed by atoms with Crippen LogP contribution >= 0.6 is 0 Å². The number of anilines is 1. The van der Waals surface area contributed by atoms with E-state index < -0.39 is 5.60 Å². The van der Waals surface area contributed by atoms with Gasteiger partial charge in [-0.3, -0.25) is 4.90 Å². The Hall–Kier alpha value is -1.06. The summed E-state index contributed by atoms with van der Waals surface area (Å²) in [5.74, 6) is 0. The molecule has 0 heterocycles. The third-order valence-corrected chi connectivity index (χ3v) is 3.41. The van der Waals surface area contributed by atoms with Gasteiger partial charge in [-0.15, -0.1) is 0 Å². The van der Waals surface area contributed by atoms with Gasteiger partial charge in [-0.05, 0) is 50.8 Å². The summed E-state index contributed by atoms with van der Waals surface area (Å²) in [6, 6.07) is 8.79. The van der Waals surface area contributed by atoms with E-state index in [-0.39, 0.29) is 0 Å². The van der Waals surface area contributed by atoms with Crippen molar-refractivity contribution in [1.29, 1.82) is 0 Å². The molecule has 0 radical (unpaired) electrons. The van der Waals surface area contributed by atoms with Crippen molar-refractivity contribution in [2.24, 2.45) is 0 Å². The van der Waals surface area contributed by atoms with Crippen LogP contribution in [0.25, 0.3) is 0 Å². The lowest BCUT2D eigenvalue weighted by Gasteiger charge is -2.26. The molecule has 0 spiro atoms. The molecular formula is C15H24N2O. The number of nitrogens with two attached hydrogens (primary N) is 1. The SMILES string of the molecule is CC(C)(O)CCN(Cc1cccc(N)c1)C1CC1. The number of hydrogen-bond acceptors (Lipinski definition) is 3. The maximum atomic E-state index is 9.83. The van der Waals surface area contributed by atoms with Crippen LogP contribution in [0.1, 0.15) is 38.7 Å². The molecule has 0 unspecified atom stereocenters. The van der Waals surface area contributed by atoms with Crippen LogP contribution in [-0.4, -0.2) is 28.2 Å². The highest BCUT2D eigenvalue weighted by molar-refractivity contribution is 5.40. The molecule has 3 heteroatoms. The van der Waals surface area contributed by atoms with E-state index in [4.69, 9.17) is 5.73 Å². The lowest BCUT2D eigenvalue weighted by atomic mass is 10.1. The topological polar surface area (TPSA) is 49.5 Å². The molecule has 0 saturated heterocycles. The van der Waals surface area contributed by atoms with Crippen LogP contribution in [0.4, 0.5) is 5.69 Å². The highest BCUT2D eigenvalue weighted by Gasteiger charge is 2.29. The zero-order chi connectivity index (χ0) is 13.2. The van der Waals surface area contributed by atoms with E-state index in [2.05, 4.69) is 11.0 Å². The molecule has 1 fully saturated rings. The molecule has 1 saturated carbocycles. The summed E-state index contributed by atoms with van der Waals surface area (Å²) in [5, 5.41) is 9.83. The first kappa shape index (κ1) is 13.4. The first-order valence-corrected chi connectivity index (χ1v) is 6.75. The third kappa shape index (κ3) is 4.31. The predicted molar refractivity (Wildman–Crippen MR) is 75.2 cm³/mol. The van der Waals surface area contributed by atoms with Crippen LogP contribution in [0.5, 0.6) is 0 Å². The summed E-state index contributed by atoms with van der Waals surface area (Å²) >= 11 is 0. The quantitative estimate of drug-likeness (QED) is 0.760. The Balaban J connectivity index is 1.94. The van der Waals surface area contributed by atoms with Crippen molar-refractivity contribution in [3.63, 3.8) is 0 Å². The zero-order valence-electron chi connectivity index (χ0n) is 11.4. The van der Waals surface area contributed by atoms with Crippen molar-refractivity contribution >= 4 is 5.69 Å². The van der Waals surface area contributed by atoms with Gasteiger partial charge in [0.2, 0.25) is 0 Å². The fourth-order valence-corrected chi connectivity index (χ4v) is 2.17. The number of aliphatic hydroxyl groups is 1. The Morgan fingerprint density at radius 1 is 1.39 bits per heavy atom. The van der Waals surface area contributed by atoms with Gasteiger partial charge in [-0.1, -0.05) is 12.1 Å². The molecule has 1 aliphatic rings. The van der Waals surface area contributed by atoms with Crippen LogP contribution in [0.3, 0.4) is 0 Å². The Kier molecular flexibility index (Phi) is 3.93. The third-order valence-electron chi connectivity index (χ3n) is 3.41. The van der Waals surface area contributed by atoms with Gasteiger partial charge in [-0.25, -0.2) is 0 Å². The summed E-state index contributed by atoms with van der Waals surface area (Å²) in [4.78, 5) is 2.47.